The third-order valence-corrected chi connectivity index (χ3v) is 3.22. The van der Waals surface area contributed by atoms with E-state index >= 15 is 0 Å². The smallest absolute Gasteiger partial charge is 0.158 e. The molecular weight excluding hydrogens is 222 g/mol. The Bertz CT molecular complexity index is 367. The van der Waals surface area contributed by atoms with E-state index in [0.717, 1.165) is 18.9 Å². The van der Waals surface area contributed by atoms with E-state index in [1.165, 1.54) is 0 Å². The molecule has 0 bridgehead atoms. The van der Waals surface area contributed by atoms with Crippen molar-refractivity contribution in [2.75, 3.05) is 20.3 Å². The molecule has 17 heavy (non-hydrogen) atoms. The summed E-state index contributed by atoms with van der Waals surface area (Å²) in [5.74, 6) is 1.76. The van der Waals surface area contributed by atoms with Gasteiger partial charge in [0.2, 0.25) is 0 Å². The fourth-order valence-corrected chi connectivity index (χ4v) is 2.24. The lowest BCUT2D eigenvalue weighted by atomic mass is 10.0. The summed E-state index contributed by atoms with van der Waals surface area (Å²) < 4.78 is 12.6. The molecule has 0 aliphatic carbocycles. The monoisotopic (exact) mass is 241 g/mol. The topological polar surface area (TPSA) is 69.4 Å². The van der Waals surface area contributed by atoms with Crippen molar-refractivity contribution >= 4 is 0 Å². The highest BCUT2D eigenvalue weighted by Crippen LogP contribution is 2.30. The summed E-state index contributed by atoms with van der Waals surface area (Å²) in [5, 5.41) is 17.5. The van der Waals surface area contributed by atoms with Crippen LogP contribution in [-0.2, 0) is 22.6 Å². The Kier molecular flexibility index (Phi) is 4.09. The molecule has 1 aromatic heterocycles. The van der Waals surface area contributed by atoms with Crippen molar-refractivity contribution in [1.82, 2.24) is 14.8 Å². The number of aliphatic hydroxyl groups excluding tert-OH is 1. The van der Waals surface area contributed by atoms with E-state index < -0.39 is 0 Å². The van der Waals surface area contributed by atoms with Crippen molar-refractivity contribution in [3.05, 3.63) is 11.6 Å². The Balaban J connectivity index is 2.23. The molecule has 1 saturated heterocycles. The molecule has 0 spiro atoms. The van der Waals surface area contributed by atoms with Gasteiger partial charge in [-0.1, -0.05) is 0 Å². The van der Waals surface area contributed by atoms with Gasteiger partial charge in [0, 0.05) is 26.2 Å². The fourth-order valence-electron chi connectivity index (χ4n) is 2.24. The molecule has 0 aromatic carbocycles. The second-order valence-corrected chi connectivity index (χ2v) is 4.25. The predicted molar refractivity (Wildman–Crippen MR) is 60.6 cm³/mol. The first kappa shape index (κ1) is 12.5. The SMILES string of the molecule is COCCn1c(CO)nnc1C1CCOC1C. The maximum Gasteiger partial charge on any atom is 0.158 e. The van der Waals surface area contributed by atoms with E-state index in [2.05, 4.69) is 10.2 Å². The minimum Gasteiger partial charge on any atom is -0.388 e. The number of nitrogens with zero attached hydrogens (tertiary/aromatic N) is 3. The zero-order valence-electron chi connectivity index (χ0n) is 10.3. The van der Waals surface area contributed by atoms with Crippen LogP contribution in [-0.4, -0.2) is 46.3 Å². The maximum atomic E-state index is 9.24. The summed E-state index contributed by atoms with van der Waals surface area (Å²) in [6.45, 7) is 3.96. The molecular formula is C11H19N3O3. The Hall–Kier alpha value is -0.980. The number of aliphatic hydroxyl groups is 1. The molecule has 1 aliphatic rings. The van der Waals surface area contributed by atoms with Gasteiger partial charge in [0.25, 0.3) is 0 Å². The third kappa shape index (κ3) is 2.48. The van der Waals surface area contributed by atoms with Crippen LogP contribution in [0.1, 0.15) is 30.9 Å². The van der Waals surface area contributed by atoms with E-state index in [-0.39, 0.29) is 18.6 Å². The highest BCUT2D eigenvalue weighted by molar-refractivity contribution is 5.05. The summed E-state index contributed by atoms with van der Waals surface area (Å²) in [4.78, 5) is 0. The molecule has 6 heteroatoms. The van der Waals surface area contributed by atoms with E-state index in [4.69, 9.17) is 9.47 Å². The quantitative estimate of drug-likeness (QED) is 0.803. The van der Waals surface area contributed by atoms with Crippen molar-refractivity contribution < 1.29 is 14.6 Å². The van der Waals surface area contributed by atoms with Crippen LogP contribution in [0.15, 0.2) is 0 Å². The first-order chi connectivity index (χ1) is 8.27. The minimum atomic E-state index is -0.0985. The third-order valence-electron chi connectivity index (χ3n) is 3.22. The summed E-state index contributed by atoms with van der Waals surface area (Å²) in [7, 11) is 1.66. The first-order valence-corrected chi connectivity index (χ1v) is 5.91. The van der Waals surface area contributed by atoms with E-state index in [9.17, 15) is 5.11 Å². The van der Waals surface area contributed by atoms with Crippen molar-refractivity contribution in [2.45, 2.75) is 38.5 Å². The number of ether oxygens (including phenoxy) is 2. The average Bonchev–Trinajstić information content (AvgIpc) is 2.91. The molecule has 2 atom stereocenters. The Morgan fingerprint density at radius 1 is 1.53 bits per heavy atom. The number of rotatable bonds is 5. The van der Waals surface area contributed by atoms with Gasteiger partial charge in [-0.25, -0.2) is 0 Å². The highest BCUT2D eigenvalue weighted by Gasteiger charge is 2.30. The number of hydrogen-bond donors (Lipinski definition) is 1. The van der Waals surface area contributed by atoms with Crippen LogP contribution in [0.3, 0.4) is 0 Å². The van der Waals surface area contributed by atoms with Gasteiger partial charge in [-0.3, -0.25) is 0 Å². The summed E-state index contributed by atoms with van der Waals surface area (Å²) in [6, 6.07) is 0. The largest absolute Gasteiger partial charge is 0.388 e. The Labute approximate surface area is 101 Å². The molecule has 0 radical (unpaired) electrons. The van der Waals surface area contributed by atoms with E-state index in [1.807, 2.05) is 11.5 Å². The lowest BCUT2D eigenvalue weighted by Crippen LogP contribution is -2.18. The van der Waals surface area contributed by atoms with Crippen LogP contribution in [0.2, 0.25) is 0 Å². The number of aromatic nitrogens is 3. The van der Waals surface area contributed by atoms with Gasteiger partial charge in [-0.2, -0.15) is 0 Å². The van der Waals surface area contributed by atoms with E-state index in [1.54, 1.807) is 7.11 Å². The van der Waals surface area contributed by atoms with Crippen LogP contribution < -0.4 is 0 Å². The van der Waals surface area contributed by atoms with Gasteiger partial charge in [-0.05, 0) is 13.3 Å². The molecule has 1 N–H and O–H groups in total. The molecule has 1 aromatic rings. The predicted octanol–water partition coefficient (Wildman–Crippen LogP) is 0.309. The van der Waals surface area contributed by atoms with Crippen molar-refractivity contribution in [1.29, 1.82) is 0 Å². The Morgan fingerprint density at radius 3 is 2.94 bits per heavy atom. The minimum absolute atomic E-state index is 0.0985. The fraction of sp³-hybridized carbons (Fsp3) is 0.818. The first-order valence-electron chi connectivity index (χ1n) is 5.91. The second-order valence-electron chi connectivity index (χ2n) is 4.25. The Morgan fingerprint density at radius 2 is 2.35 bits per heavy atom. The molecule has 6 nitrogen and oxygen atoms in total. The maximum absolute atomic E-state index is 9.24. The number of methoxy groups -OCH3 is 1. The van der Waals surface area contributed by atoms with Crippen LogP contribution in [0, 0.1) is 0 Å². The summed E-state index contributed by atoms with van der Waals surface area (Å²) >= 11 is 0. The summed E-state index contributed by atoms with van der Waals surface area (Å²) in [6.07, 6.45) is 1.12. The molecule has 2 unspecified atom stereocenters. The van der Waals surface area contributed by atoms with Gasteiger partial charge in [0.05, 0.1) is 12.7 Å². The van der Waals surface area contributed by atoms with Crippen LogP contribution in [0.5, 0.6) is 0 Å². The van der Waals surface area contributed by atoms with Crippen molar-refractivity contribution in [3.63, 3.8) is 0 Å². The van der Waals surface area contributed by atoms with Crippen molar-refractivity contribution in [3.8, 4) is 0 Å². The van der Waals surface area contributed by atoms with Crippen LogP contribution in [0.4, 0.5) is 0 Å². The molecule has 1 fully saturated rings. The van der Waals surface area contributed by atoms with E-state index in [0.29, 0.717) is 19.0 Å². The lowest BCUT2D eigenvalue weighted by Gasteiger charge is -2.15. The molecule has 2 rings (SSSR count). The molecule has 1 aliphatic heterocycles. The van der Waals surface area contributed by atoms with Gasteiger partial charge >= 0.3 is 0 Å². The van der Waals surface area contributed by atoms with Crippen molar-refractivity contribution in [2.24, 2.45) is 0 Å². The van der Waals surface area contributed by atoms with Gasteiger partial charge in [0.15, 0.2) is 5.82 Å². The second kappa shape index (κ2) is 5.57. The standard InChI is InChI=1S/C11H19N3O3/c1-8-9(3-5-17-8)11-13-12-10(7-15)14(11)4-6-16-2/h8-9,15H,3-7H2,1-2H3. The number of hydrogen-bond acceptors (Lipinski definition) is 5. The van der Waals surface area contributed by atoms with Crippen LogP contribution >= 0.6 is 0 Å². The van der Waals surface area contributed by atoms with Crippen LogP contribution in [0.25, 0.3) is 0 Å². The summed E-state index contributed by atoms with van der Waals surface area (Å²) in [5.41, 5.74) is 0. The van der Waals surface area contributed by atoms with Gasteiger partial charge in [0.1, 0.15) is 12.4 Å². The zero-order chi connectivity index (χ0) is 12.3. The zero-order valence-corrected chi connectivity index (χ0v) is 10.3. The van der Waals surface area contributed by atoms with Gasteiger partial charge < -0.3 is 19.1 Å². The lowest BCUT2D eigenvalue weighted by molar-refractivity contribution is 0.116. The average molecular weight is 241 g/mol. The molecule has 0 saturated carbocycles. The molecule has 0 amide bonds. The molecule has 96 valence electrons. The normalized spacial score (nSPS) is 24.4. The highest BCUT2D eigenvalue weighted by atomic mass is 16.5. The molecule has 2 heterocycles. The van der Waals surface area contributed by atoms with Gasteiger partial charge in [-0.15, -0.1) is 10.2 Å².